The molecule has 0 aliphatic carbocycles. The highest BCUT2D eigenvalue weighted by molar-refractivity contribution is 8.00. The number of thioether (sulfide) groups is 1. The van der Waals surface area contributed by atoms with Gasteiger partial charge < -0.3 is 9.94 Å². The minimum atomic E-state index is -0.394. The summed E-state index contributed by atoms with van der Waals surface area (Å²) < 4.78 is 0. The summed E-state index contributed by atoms with van der Waals surface area (Å²) in [6.45, 7) is 2.15. The van der Waals surface area contributed by atoms with Gasteiger partial charge in [-0.2, -0.15) is 5.90 Å². The Morgan fingerprint density at radius 2 is 2.00 bits per heavy atom. The number of carbonyl (C=O) groups is 1. The molecule has 3 N–H and O–H groups in total. The van der Waals surface area contributed by atoms with E-state index in [0.29, 0.717) is 0 Å². The highest BCUT2D eigenvalue weighted by Crippen LogP contribution is 2.28. The van der Waals surface area contributed by atoms with Gasteiger partial charge in [0.15, 0.2) is 0 Å². The van der Waals surface area contributed by atoms with Gasteiger partial charge in [0.2, 0.25) is 0 Å². The van der Waals surface area contributed by atoms with Crippen molar-refractivity contribution in [1.82, 2.24) is 0 Å². The van der Waals surface area contributed by atoms with Gasteiger partial charge >= 0.3 is 5.97 Å². The monoisotopic (exact) mass is 283 g/mol. The van der Waals surface area contributed by atoms with Crippen molar-refractivity contribution in [3.63, 3.8) is 0 Å². The number of unbranched alkanes of at least 4 members (excludes halogenated alkanes) is 3. The number of phenols is 1. The lowest BCUT2D eigenvalue weighted by Gasteiger charge is -2.13. The van der Waals surface area contributed by atoms with Gasteiger partial charge in [-0.15, -0.1) is 11.8 Å². The second-order valence-electron chi connectivity index (χ2n) is 4.39. The highest BCUT2D eigenvalue weighted by atomic mass is 32.2. The zero-order valence-electron chi connectivity index (χ0n) is 11.2. The molecule has 0 heterocycles. The van der Waals surface area contributed by atoms with Gasteiger partial charge in [-0.25, -0.2) is 4.79 Å². The molecular weight excluding hydrogens is 262 g/mol. The Morgan fingerprint density at radius 1 is 1.32 bits per heavy atom. The van der Waals surface area contributed by atoms with Crippen molar-refractivity contribution in [2.75, 3.05) is 0 Å². The molecule has 1 atom stereocenters. The topological polar surface area (TPSA) is 72.5 Å². The van der Waals surface area contributed by atoms with Crippen molar-refractivity contribution in [2.24, 2.45) is 5.90 Å². The standard InChI is InChI=1S/C14H21NO3S/c1-2-3-4-5-6-13(14(17)18-15)19-12-9-7-11(16)8-10-12/h7-10,13,16H,2-6,15H2,1H3. The first-order valence-electron chi connectivity index (χ1n) is 6.53. The first kappa shape index (κ1) is 15.9. The van der Waals surface area contributed by atoms with E-state index in [1.165, 1.54) is 18.2 Å². The third-order valence-corrected chi connectivity index (χ3v) is 4.07. The van der Waals surface area contributed by atoms with Gasteiger partial charge in [0.1, 0.15) is 11.0 Å². The Bertz CT molecular complexity index is 381. The van der Waals surface area contributed by atoms with Crippen molar-refractivity contribution >= 4 is 17.7 Å². The van der Waals surface area contributed by atoms with Crippen LogP contribution in [0.2, 0.25) is 0 Å². The number of benzene rings is 1. The van der Waals surface area contributed by atoms with Crippen molar-refractivity contribution in [1.29, 1.82) is 0 Å². The quantitative estimate of drug-likeness (QED) is 0.435. The number of hydrogen-bond donors (Lipinski definition) is 2. The van der Waals surface area contributed by atoms with Gasteiger partial charge in [-0.1, -0.05) is 32.6 Å². The van der Waals surface area contributed by atoms with Crippen LogP contribution in [0.3, 0.4) is 0 Å². The van der Waals surface area contributed by atoms with Crippen LogP contribution < -0.4 is 5.90 Å². The number of phenolic OH excluding ortho intramolecular Hbond substituents is 1. The van der Waals surface area contributed by atoms with Crippen molar-refractivity contribution in [3.05, 3.63) is 24.3 Å². The summed E-state index contributed by atoms with van der Waals surface area (Å²) >= 11 is 1.42. The maximum Gasteiger partial charge on any atom is 0.337 e. The molecule has 0 aliphatic heterocycles. The third-order valence-electron chi connectivity index (χ3n) is 2.81. The fourth-order valence-electron chi connectivity index (χ4n) is 1.75. The van der Waals surface area contributed by atoms with E-state index >= 15 is 0 Å². The molecule has 5 heteroatoms. The van der Waals surface area contributed by atoms with E-state index in [4.69, 9.17) is 5.90 Å². The molecule has 1 aromatic rings. The van der Waals surface area contributed by atoms with Crippen LogP contribution in [-0.2, 0) is 9.63 Å². The molecule has 4 nitrogen and oxygen atoms in total. The molecule has 1 aromatic carbocycles. The van der Waals surface area contributed by atoms with Crippen LogP contribution in [0.25, 0.3) is 0 Å². The van der Waals surface area contributed by atoms with Crippen LogP contribution in [0.1, 0.15) is 39.0 Å². The first-order valence-corrected chi connectivity index (χ1v) is 7.41. The van der Waals surface area contributed by atoms with E-state index in [1.54, 1.807) is 24.3 Å². The molecule has 1 unspecified atom stereocenters. The van der Waals surface area contributed by atoms with Gasteiger partial charge in [0.05, 0.1) is 0 Å². The lowest BCUT2D eigenvalue weighted by atomic mass is 10.1. The van der Waals surface area contributed by atoms with Crippen molar-refractivity contribution < 1.29 is 14.7 Å². The van der Waals surface area contributed by atoms with Gasteiger partial charge in [-0.05, 0) is 30.7 Å². The number of carbonyl (C=O) groups excluding carboxylic acids is 1. The summed E-state index contributed by atoms with van der Waals surface area (Å²) in [5, 5.41) is 8.94. The van der Waals surface area contributed by atoms with Crippen LogP contribution in [0, 0.1) is 0 Å². The molecule has 0 radical (unpaired) electrons. The summed E-state index contributed by atoms with van der Waals surface area (Å²) in [6, 6.07) is 6.76. The van der Waals surface area contributed by atoms with Crippen LogP contribution in [0.4, 0.5) is 0 Å². The van der Waals surface area contributed by atoms with E-state index in [9.17, 15) is 9.90 Å². The van der Waals surface area contributed by atoms with Crippen molar-refractivity contribution in [3.8, 4) is 5.75 Å². The molecule has 0 spiro atoms. The Kier molecular flexibility index (Phi) is 7.36. The third kappa shape index (κ3) is 5.98. The molecule has 106 valence electrons. The maximum atomic E-state index is 11.6. The zero-order chi connectivity index (χ0) is 14.1. The maximum absolute atomic E-state index is 11.6. The average Bonchev–Trinajstić information content (AvgIpc) is 2.43. The fraction of sp³-hybridized carbons (Fsp3) is 0.500. The van der Waals surface area contributed by atoms with Crippen LogP contribution >= 0.6 is 11.8 Å². The normalized spacial score (nSPS) is 12.1. The van der Waals surface area contributed by atoms with Crippen LogP contribution in [-0.4, -0.2) is 16.3 Å². The second-order valence-corrected chi connectivity index (χ2v) is 5.66. The smallest absolute Gasteiger partial charge is 0.337 e. The lowest BCUT2D eigenvalue weighted by molar-refractivity contribution is -0.143. The first-order chi connectivity index (χ1) is 9.17. The number of aromatic hydroxyl groups is 1. The molecule has 0 aromatic heterocycles. The summed E-state index contributed by atoms with van der Waals surface area (Å²) in [6.07, 6.45) is 5.19. The molecule has 0 saturated heterocycles. The summed E-state index contributed by atoms with van der Waals surface area (Å²) in [5.74, 6) is 4.80. The van der Waals surface area contributed by atoms with E-state index < -0.39 is 5.97 Å². The minimum absolute atomic E-state index is 0.213. The van der Waals surface area contributed by atoms with E-state index in [1.807, 2.05) is 0 Å². The second kappa shape index (κ2) is 8.82. The van der Waals surface area contributed by atoms with Crippen LogP contribution in [0.15, 0.2) is 29.2 Å². The fourth-order valence-corrected chi connectivity index (χ4v) is 2.80. The van der Waals surface area contributed by atoms with E-state index in [0.717, 1.165) is 30.6 Å². The Balaban J connectivity index is 2.53. The summed E-state index contributed by atoms with van der Waals surface area (Å²) in [7, 11) is 0. The lowest BCUT2D eigenvalue weighted by Crippen LogP contribution is -2.23. The average molecular weight is 283 g/mol. The Morgan fingerprint density at radius 3 is 2.58 bits per heavy atom. The largest absolute Gasteiger partial charge is 0.508 e. The van der Waals surface area contributed by atoms with Gasteiger partial charge in [0.25, 0.3) is 0 Å². The number of rotatable bonds is 8. The molecule has 1 rings (SSSR count). The van der Waals surface area contributed by atoms with E-state index in [2.05, 4.69) is 11.8 Å². The number of hydrogen-bond acceptors (Lipinski definition) is 5. The SMILES string of the molecule is CCCCCCC(Sc1ccc(O)cc1)C(=O)ON. The number of nitrogens with two attached hydrogens (primary N) is 1. The zero-order valence-corrected chi connectivity index (χ0v) is 12.0. The molecule has 0 saturated carbocycles. The predicted molar refractivity (Wildman–Crippen MR) is 76.8 cm³/mol. The van der Waals surface area contributed by atoms with Crippen molar-refractivity contribution in [2.45, 2.75) is 49.2 Å². The van der Waals surface area contributed by atoms with Gasteiger partial charge in [-0.3, -0.25) is 0 Å². The predicted octanol–water partition coefficient (Wildman–Crippen LogP) is 3.24. The summed E-state index contributed by atoms with van der Waals surface area (Å²) in [5.41, 5.74) is 0. The highest BCUT2D eigenvalue weighted by Gasteiger charge is 2.20. The van der Waals surface area contributed by atoms with E-state index in [-0.39, 0.29) is 11.0 Å². The summed E-state index contributed by atoms with van der Waals surface area (Å²) in [4.78, 5) is 16.9. The molecule has 0 fully saturated rings. The molecule has 0 amide bonds. The minimum Gasteiger partial charge on any atom is -0.508 e. The Labute approximate surface area is 118 Å². The van der Waals surface area contributed by atoms with Crippen LogP contribution in [0.5, 0.6) is 5.75 Å². The van der Waals surface area contributed by atoms with Gasteiger partial charge in [0, 0.05) is 4.90 Å². The Hall–Kier alpha value is -1.20. The molecule has 0 aliphatic rings. The molecule has 0 bridgehead atoms. The molecular formula is C14H21NO3S. The molecule has 19 heavy (non-hydrogen) atoms.